The van der Waals surface area contributed by atoms with Gasteiger partial charge in [-0.15, -0.1) is 22.9 Å². The van der Waals surface area contributed by atoms with Gasteiger partial charge in [-0.25, -0.2) is 4.39 Å². The van der Waals surface area contributed by atoms with Gasteiger partial charge in [0.25, 0.3) is 0 Å². The summed E-state index contributed by atoms with van der Waals surface area (Å²) in [5.74, 6) is -0.353. The molecule has 0 fully saturated rings. The zero-order valence-corrected chi connectivity index (χ0v) is 12.7. The largest absolute Gasteiger partial charge is 0.207 e. The van der Waals surface area contributed by atoms with Gasteiger partial charge in [0.05, 0.1) is 10.4 Å². The van der Waals surface area contributed by atoms with E-state index in [2.05, 4.69) is 15.9 Å². The van der Waals surface area contributed by atoms with E-state index in [0.717, 1.165) is 10.4 Å². The molecule has 0 spiro atoms. The van der Waals surface area contributed by atoms with E-state index in [1.54, 1.807) is 6.07 Å². The van der Waals surface area contributed by atoms with Crippen LogP contribution in [0.3, 0.4) is 0 Å². The monoisotopic (exact) mass is 352 g/mol. The third kappa shape index (κ3) is 2.68. The SMILES string of the molecule is Cc1ccsc1C(Cl)c1cc(Cl)c(Br)cc1F. The Morgan fingerprint density at radius 1 is 1.41 bits per heavy atom. The summed E-state index contributed by atoms with van der Waals surface area (Å²) in [6.07, 6.45) is 0. The number of alkyl halides is 1. The minimum absolute atomic E-state index is 0.353. The number of thiophene rings is 1. The van der Waals surface area contributed by atoms with Gasteiger partial charge in [-0.3, -0.25) is 0 Å². The van der Waals surface area contributed by atoms with Crippen LogP contribution in [0.4, 0.5) is 4.39 Å². The Morgan fingerprint density at radius 2 is 2.12 bits per heavy atom. The van der Waals surface area contributed by atoms with Crippen molar-refractivity contribution in [1.29, 1.82) is 0 Å². The first-order chi connectivity index (χ1) is 8.00. The molecule has 2 aromatic rings. The first-order valence-corrected chi connectivity index (χ1v) is 7.32. The molecule has 0 saturated heterocycles. The van der Waals surface area contributed by atoms with Gasteiger partial charge in [0.1, 0.15) is 5.82 Å². The van der Waals surface area contributed by atoms with E-state index in [4.69, 9.17) is 23.2 Å². The Bertz CT molecular complexity index is 553. The molecule has 2 rings (SSSR count). The fourth-order valence-corrected chi connectivity index (χ4v) is 3.42. The zero-order valence-electron chi connectivity index (χ0n) is 8.81. The molecule has 0 aliphatic heterocycles. The van der Waals surface area contributed by atoms with Crippen LogP contribution in [0, 0.1) is 12.7 Å². The van der Waals surface area contributed by atoms with Crippen molar-refractivity contribution in [2.75, 3.05) is 0 Å². The fraction of sp³-hybridized carbons (Fsp3) is 0.167. The summed E-state index contributed by atoms with van der Waals surface area (Å²) < 4.78 is 14.4. The molecule has 1 aromatic heterocycles. The molecule has 1 unspecified atom stereocenters. The molecule has 17 heavy (non-hydrogen) atoms. The lowest BCUT2D eigenvalue weighted by Gasteiger charge is -2.11. The van der Waals surface area contributed by atoms with Crippen molar-refractivity contribution in [1.82, 2.24) is 0 Å². The zero-order chi connectivity index (χ0) is 12.6. The third-order valence-electron chi connectivity index (χ3n) is 2.44. The minimum atomic E-state index is -0.499. The number of hydrogen-bond acceptors (Lipinski definition) is 1. The molecule has 1 atom stereocenters. The maximum absolute atomic E-state index is 13.8. The summed E-state index contributed by atoms with van der Waals surface area (Å²) in [6, 6.07) is 4.88. The Balaban J connectivity index is 2.48. The number of hydrogen-bond donors (Lipinski definition) is 0. The molecule has 0 bridgehead atoms. The standard InChI is InChI=1S/C12H8BrCl2FS/c1-6-2-3-17-12(6)11(15)7-4-9(14)8(13)5-10(7)16/h2-5,11H,1H3. The van der Waals surface area contributed by atoms with Crippen LogP contribution in [0.5, 0.6) is 0 Å². The molecule has 0 amide bonds. The molecule has 0 radical (unpaired) electrons. The molecule has 0 N–H and O–H groups in total. The molecule has 5 heteroatoms. The van der Waals surface area contributed by atoms with Crippen LogP contribution < -0.4 is 0 Å². The Hall–Kier alpha value is -0.0900. The Labute approximate surface area is 121 Å². The lowest BCUT2D eigenvalue weighted by Crippen LogP contribution is -1.97. The third-order valence-corrected chi connectivity index (χ3v) is 5.31. The van der Waals surface area contributed by atoms with Crippen LogP contribution in [0.2, 0.25) is 5.02 Å². The fourth-order valence-electron chi connectivity index (χ4n) is 1.52. The second-order valence-electron chi connectivity index (χ2n) is 3.62. The molecule has 1 aromatic carbocycles. The Kier molecular flexibility index (Phi) is 4.14. The highest BCUT2D eigenvalue weighted by molar-refractivity contribution is 9.10. The van der Waals surface area contributed by atoms with Crippen molar-refractivity contribution in [3.63, 3.8) is 0 Å². The quantitative estimate of drug-likeness (QED) is 0.463. The summed E-state index contributed by atoms with van der Waals surface area (Å²) in [6.45, 7) is 1.96. The summed E-state index contributed by atoms with van der Waals surface area (Å²) in [5, 5.41) is 1.90. The average Bonchev–Trinajstić information content (AvgIpc) is 2.69. The van der Waals surface area contributed by atoms with Crippen LogP contribution in [0.15, 0.2) is 28.1 Å². The van der Waals surface area contributed by atoms with Crippen molar-refractivity contribution in [3.8, 4) is 0 Å². The summed E-state index contributed by atoms with van der Waals surface area (Å²) in [5.41, 5.74) is 1.47. The summed E-state index contributed by atoms with van der Waals surface area (Å²) in [7, 11) is 0. The minimum Gasteiger partial charge on any atom is -0.207 e. The number of rotatable bonds is 2. The van der Waals surface area contributed by atoms with Crippen molar-refractivity contribution in [3.05, 3.63) is 54.9 Å². The normalized spacial score (nSPS) is 12.8. The van der Waals surface area contributed by atoms with E-state index in [1.807, 2.05) is 18.4 Å². The highest BCUT2D eigenvalue weighted by Gasteiger charge is 2.19. The first kappa shape index (κ1) is 13.3. The number of aryl methyl sites for hydroxylation is 1. The highest BCUT2D eigenvalue weighted by Crippen LogP contribution is 2.38. The van der Waals surface area contributed by atoms with Crippen LogP contribution in [-0.4, -0.2) is 0 Å². The Morgan fingerprint density at radius 3 is 2.71 bits per heavy atom. The van der Waals surface area contributed by atoms with Gasteiger partial charge in [0.15, 0.2) is 0 Å². The van der Waals surface area contributed by atoms with E-state index in [0.29, 0.717) is 15.1 Å². The van der Waals surface area contributed by atoms with Crippen LogP contribution in [0.1, 0.15) is 21.4 Å². The van der Waals surface area contributed by atoms with Crippen molar-refractivity contribution in [2.24, 2.45) is 0 Å². The van der Waals surface area contributed by atoms with Crippen LogP contribution >= 0.6 is 50.5 Å². The number of benzene rings is 1. The van der Waals surface area contributed by atoms with E-state index in [9.17, 15) is 4.39 Å². The van der Waals surface area contributed by atoms with E-state index >= 15 is 0 Å². The lowest BCUT2D eigenvalue weighted by molar-refractivity contribution is 0.612. The van der Waals surface area contributed by atoms with Gasteiger partial charge >= 0.3 is 0 Å². The molecular weight excluding hydrogens is 346 g/mol. The van der Waals surface area contributed by atoms with Gasteiger partial charge in [0.2, 0.25) is 0 Å². The maximum Gasteiger partial charge on any atom is 0.129 e. The number of halogens is 4. The first-order valence-electron chi connectivity index (χ1n) is 4.83. The summed E-state index contributed by atoms with van der Waals surface area (Å²) >= 11 is 17.0. The second kappa shape index (κ2) is 5.27. The van der Waals surface area contributed by atoms with E-state index in [-0.39, 0.29) is 5.82 Å². The van der Waals surface area contributed by atoms with E-state index in [1.165, 1.54) is 17.4 Å². The molecule has 0 aliphatic carbocycles. The lowest BCUT2D eigenvalue weighted by atomic mass is 10.1. The summed E-state index contributed by atoms with van der Waals surface area (Å²) in [4.78, 5) is 0.948. The van der Waals surface area contributed by atoms with Gasteiger partial charge < -0.3 is 0 Å². The van der Waals surface area contributed by atoms with Gasteiger partial charge in [-0.05, 0) is 52.0 Å². The van der Waals surface area contributed by atoms with Crippen molar-refractivity contribution in [2.45, 2.75) is 12.3 Å². The van der Waals surface area contributed by atoms with Gasteiger partial charge in [0, 0.05) is 14.9 Å². The van der Waals surface area contributed by atoms with Gasteiger partial charge in [-0.1, -0.05) is 11.6 Å². The smallest absolute Gasteiger partial charge is 0.129 e. The van der Waals surface area contributed by atoms with Crippen molar-refractivity contribution >= 4 is 50.5 Å². The predicted octanol–water partition coefficient (Wildman–Crippen LogP) is 5.94. The predicted molar refractivity (Wildman–Crippen MR) is 75.9 cm³/mol. The molecule has 1 heterocycles. The average molecular weight is 354 g/mol. The second-order valence-corrected chi connectivity index (χ2v) is 6.26. The molecule has 0 aliphatic rings. The van der Waals surface area contributed by atoms with Crippen LogP contribution in [-0.2, 0) is 0 Å². The molecule has 0 saturated carbocycles. The highest BCUT2D eigenvalue weighted by atomic mass is 79.9. The van der Waals surface area contributed by atoms with Gasteiger partial charge in [-0.2, -0.15) is 0 Å². The molecule has 0 nitrogen and oxygen atoms in total. The van der Waals surface area contributed by atoms with Crippen molar-refractivity contribution < 1.29 is 4.39 Å². The molecular formula is C12H8BrCl2FS. The topological polar surface area (TPSA) is 0 Å². The van der Waals surface area contributed by atoms with Crippen LogP contribution in [0.25, 0.3) is 0 Å². The molecule has 90 valence electrons. The maximum atomic E-state index is 13.8. The van der Waals surface area contributed by atoms with E-state index < -0.39 is 5.38 Å².